The zero-order valence-corrected chi connectivity index (χ0v) is 10.9. The van der Waals surface area contributed by atoms with Gasteiger partial charge in [-0.25, -0.2) is 14.3 Å². The number of carbonyl (C=O) groups is 1. The maximum atomic E-state index is 11.6. The van der Waals surface area contributed by atoms with Crippen LogP contribution >= 0.6 is 0 Å². The summed E-state index contributed by atoms with van der Waals surface area (Å²) in [7, 11) is -2.06. The number of methoxy groups -OCH3 is 1. The summed E-state index contributed by atoms with van der Waals surface area (Å²) in [5.41, 5.74) is 2.25. The summed E-state index contributed by atoms with van der Waals surface area (Å²) in [5, 5.41) is 0. The average Bonchev–Trinajstić information content (AvgIpc) is 2.34. The summed E-state index contributed by atoms with van der Waals surface area (Å²) in [5.74, 6) is 4.94. The van der Waals surface area contributed by atoms with E-state index in [0.717, 1.165) is 10.6 Å². The first-order chi connectivity index (χ1) is 8.38. The predicted octanol–water partition coefficient (Wildman–Crippen LogP) is -0.549. The van der Waals surface area contributed by atoms with Crippen molar-refractivity contribution in [3.05, 3.63) is 24.3 Å². The van der Waals surface area contributed by atoms with Crippen molar-refractivity contribution in [2.45, 2.75) is 0 Å². The Morgan fingerprint density at radius 1 is 1.39 bits per heavy atom. The summed E-state index contributed by atoms with van der Waals surface area (Å²) in [6.07, 6.45) is 1.01. The molecule has 0 unspecified atom stereocenters. The number of hydrogen-bond donors (Lipinski definition) is 2. The van der Waals surface area contributed by atoms with Crippen LogP contribution in [0, 0.1) is 0 Å². The molecule has 0 aliphatic carbocycles. The van der Waals surface area contributed by atoms with E-state index in [1.165, 1.54) is 7.11 Å². The first kappa shape index (κ1) is 14.3. The molecule has 0 aromatic heterocycles. The number of hydrazine groups is 1. The number of benzene rings is 1. The number of ether oxygens (including phenoxy) is 1. The number of amides is 1. The van der Waals surface area contributed by atoms with Gasteiger partial charge in [0.1, 0.15) is 12.3 Å². The maximum Gasteiger partial charge on any atom is 0.254 e. The highest BCUT2D eigenvalue weighted by Crippen LogP contribution is 2.20. The molecule has 7 nitrogen and oxygen atoms in total. The highest BCUT2D eigenvalue weighted by Gasteiger charge is 2.20. The van der Waals surface area contributed by atoms with E-state index in [9.17, 15) is 13.2 Å². The Kier molecular flexibility index (Phi) is 4.51. The summed E-state index contributed by atoms with van der Waals surface area (Å²) >= 11 is 0. The van der Waals surface area contributed by atoms with Gasteiger partial charge in [0.15, 0.2) is 0 Å². The van der Waals surface area contributed by atoms with E-state index in [1.54, 1.807) is 24.3 Å². The van der Waals surface area contributed by atoms with Crippen molar-refractivity contribution in [3.8, 4) is 5.75 Å². The summed E-state index contributed by atoms with van der Waals surface area (Å²) < 4.78 is 29.1. The molecular weight excluding hydrogens is 258 g/mol. The lowest BCUT2D eigenvalue weighted by molar-refractivity contribution is -0.119. The van der Waals surface area contributed by atoms with Crippen LogP contribution in [0.2, 0.25) is 0 Å². The number of nitrogens with one attached hydrogen (secondary N) is 1. The molecule has 0 saturated heterocycles. The van der Waals surface area contributed by atoms with Gasteiger partial charge in [-0.2, -0.15) is 0 Å². The van der Waals surface area contributed by atoms with Crippen molar-refractivity contribution >= 4 is 21.6 Å². The molecule has 0 aliphatic rings. The van der Waals surface area contributed by atoms with Crippen LogP contribution in [-0.4, -0.2) is 34.2 Å². The third-order valence-corrected chi connectivity index (χ3v) is 3.35. The van der Waals surface area contributed by atoms with Crippen molar-refractivity contribution < 1.29 is 17.9 Å². The lowest BCUT2D eigenvalue weighted by Crippen LogP contribution is -2.42. The van der Waals surface area contributed by atoms with Crippen LogP contribution in [0.25, 0.3) is 0 Å². The number of rotatable bonds is 5. The molecule has 1 rings (SSSR count). The molecule has 0 atom stereocenters. The SMILES string of the molecule is COc1ccc(N(CC(=O)NN)S(C)(=O)=O)cc1. The topological polar surface area (TPSA) is 102 Å². The number of sulfonamides is 1. The molecule has 0 saturated carbocycles. The van der Waals surface area contributed by atoms with E-state index in [1.807, 2.05) is 5.43 Å². The Labute approximate surface area is 106 Å². The number of carbonyl (C=O) groups excluding carboxylic acids is 1. The van der Waals surface area contributed by atoms with Crippen molar-refractivity contribution in [1.82, 2.24) is 5.43 Å². The van der Waals surface area contributed by atoms with Crippen LogP contribution in [0.4, 0.5) is 5.69 Å². The van der Waals surface area contributed by atoms with Gasteiger partial charge in [-0.3, -0.25) is 14.5 Å². The number of hydrogen-bond acceptors (Lipinski definition) is 5. The monoisotopic (exact) mass is 273 g/mol. The van der Waals surface area contributed by atoms with E-state index in [2.05, 4.69) is 0 Å². The Morgan fingerprint density at radius 2 is 1.94 bits per heavy atom. The molecule has 0 heterocycles. The van der Waals surface area contributed by atoms with Gasteiger partial charge in [0, 0.05) is 0 Å². The number of nitrogens with zero attached hydrogens (tertiary/aromatic N) is 1. The largest absolute Gasteiger partial charge is 0.497 e. The zero-order valence-electron chi connectivity index (χ0n) is 10.1. The van der Waals surface area contributed by atoms with Gasteiger partial charge >= 0.3 is 0 Å². The minimum Gasteiger partial charge on any atom is -0.497 e. The van der Waals surface area contributed by atoms with Crippen LogP contribution in [0.3, 0.4) is 0 Å². The number of anilines is 1. The van der Waals surface area contributed by atoms with Gasteiger partial charge in [0.05, 0.1) is 19.1 Å². The summed E-state index contributed by atoms with van der Waals surface area (Å²) in [6.45, 7) is -0.373. The van der Waals surface area contributed by atoms with Crippen LogP contribution in [-0.2, 0) is 14.8 Å². The maximum absolute atomic E-state index is 11.6. The Morgan fingerprint density at radius 3 is 2.33 bits per heavy atom. The average molecular weight is 273 g/mol. The molecule has 18 heavy (non-hydrogen) atoms. The Bertz CT molecular complexity index is 512. The van der Waals surface area contributed by atoms with Gasteiger partial charge in [-0.05, 0) is 24.3 Å². The van der Waals surface area contributed by atoms with Crippen LogP contribution in [0.15, 0.2) is 24.3 Å². The van der Waals surface area contributed by atoms with Crippen molar-refractivity contribution in [1.29, 1.82) is 0 Å². The fourth-order valence-electron chi connectivity index (χ4n) is 1.32. The molecule has 3 N–H and O–H groups in total. The Hall–Kier alpha value is -1.80. The summed E-state index contributed by atoms with van der Waals surface area (Å²) in [6, 6.07) is 6.30. The first-order valence-electron chi connectivity index (χ1n) is 4.99. The highest BCUT2D eigenvalue weighted by atomic mass is 32.2. The molecule has 0 spiro atoms. The smallest absolute Gasteiger partial charge is 0.254 e. The van der Waals surface area contributed by atoms with E-state index in [-0.39, 0.29) is 6.54 Å². The molecule has 1 aromatic carbocycles. The second kappa shape index (κ2) is 5.69. The van der Waals surface area contributed by atoms with Gasteiger partial charge in [0.2, 0.25) is 10.0 Å². The van der Waals surface area contributed by atoms with E-state index in [4.69, 9.17) is 10.6 Å². The molecule has 1 aromatic rings. The second-order valence-corrected chi connectivity index (χ2v) is 5.44. The lowest BCUT2D eigenvalue weighted by atomic mass is 10.3. The van der Waals surface area contributed by atoms with Crippen LogP contribution in [0.5, 0.6) is 5.75 Å². The molecule has 100 valence electrons. The van der Waals surface area contributed by atoms with Crippen molar-refractivity contribution in [2.75, 3.05) is 24.2 Å². The first-order valence-corrected chi connectivity index (χ1v) is 6.84. The minimum atomic E-state index is -3.57. The van der Waals surface area contributed by atoms with E-state index in [0.29, 0.717) is 11.4 Å². The molecule has 1 amide bonds. The van der Waals surface area contributed by atoms with Gasteiger partial charge < -0.3 is 4.74 Å². The summed E-state index contributed by atoms with van der Waals surface area (Å²) in [4.78, 5) is 11.2. The molecule has 0 aliphatic heterocycles. The standard InChI is InChI=1S/C10H15N3O4S/c1-17-9-5-3-8(4-6-9)13(18(2,15)16)7-10(14)12-11/h3-6H,7,11H2,1-2H3,(H,12,14). The van der Waals surface area contributed by atoms with Crippen molar-refractivity contribution in [3.63, 3.8) is 0 Å². The van der Waals surface area contributed by atoms with Gasteiger partial charge in [-0.1, -0.05) is 0 Å². The quantitative estimate of drug-likeness (QED) is 0.426. The molecule has 0 radical (unpaired) electrons. The fraction of sp³-hybridized carbons (Fsp3) is 0.300. The Balaban J connectivity index is 3.06. The molecule has 8 heteroatoms. The normalized spacial score (nSPS) is 10.8. The third-order valence-electron chi connectivity index (χ3n) is 2.21. The third kappa shape index (κ3) is 3.60. The van der Waals surface area contributed by atoms with Crippen LogP contribution < -0.4 is 20.3 Å². The predicted molar refractivity (Wildman–Crippen MR) is 67.5 cm³/mol. The fourth-order valence-corrected chi connectivity index (χ4v) is 2.18. The molecular formula is C10H15N3O4S. The van der Waals surface area contributed by atoms with Gasteiger partial charge in [-0.15, -0.1) is 0 Å². The lowest BCUT2D eigenvalue weighted by Gasteiger charge is -2.21. The van der Waals surface area contributed by atoms with Gasteiger partial charge in [0.25, 0.3) is 5.91 Å². The molecule has 0 bridgehead atoms. The second-order valence-electron chi connectivity index (χ2n) is 3.54. The van der Waals surface area contributed by atoms with E-state index >= 15 is 0 Å². The minimum absolute atomic E-state index is 0.363. The van der Waals surface area contributed by atoms with Crippen LogP contribution in [0.1, 0.15) is 0 Å². The molecule has 0 fully saturated rings. The van der Waals surface area contributed by atoms with E-state index < -0.39 is 15.9 Å². The number of nitrogens with two attached hydrogens (primary N) is 1. The highest BCUT2D eigenvalue weighted by molar-refractivity contribution is 7.92. The van der Waals surface area contributed by atoms with Crippen molar-refractivity contribution in [2.24, 2.45) is 5.84 Å². The zero-order chi connectivity index (χ0) is 13.8.